The number of nitrogens with one attached hydrogen (secondary N) is 1. The summed E-state index contributed by atoms with van der Waals surface area (Å²) in [7, 11) is 0. The van der Waals surface area contributed by atoms with Crippen molar-refractivity contribution in [3.63, 3.8) is 0 Å². The van der Waals surface area contributed by atoms with Crippen molar-refractivity contribution < 1.29 is 42.5 Å². The fraction of sp³-hybridized carbons (Fsp3) is 0.410. The van der Waals surface area contributed by atoms with E-state index in [9.17, 15) is 37.8 Å². The number of ether oxygens (including phenoxy) is 1. The molecule has 4 atom stereocenters. The highest BCUT2D eigenvalue weighted by molar-refractivity contribution is 5.91. The summed E-state index contributed by atoms with van der Waals surface area (Å²) in [6, 6.07) is 15.3. The second-order valence-corrected chi connectivity index (χ2v) is 13.5. The third kappa shape index (κ3) is 7.90. The van der Waals surface area contributed by atoms with Crippen LogP contribution < -0.4 is 10.1 Å². The Morgan fingerprint density at radius 2 is 1.76 bits per heavy atom. The van der Waals surface area contributed by atoms with Crippen LogP contribution in [0.15, 0.2) is 60.7 Å². The standard InChI is InChI=1S/C39H40F3N3O6/c1-24-6-2-3-8-26(24)22-44(29-14-15-29)38(50)37-39(18-4-9-28(43-39)23-45(37)33(47)20-30(46)21-34(48)49)27-12-10-25(11-13-27)7-5-19-51-36-32(41)17-16-31(40)35(36)42/h2-3,6,8,10-13,16-17,28-30,37,43,46H,5,7,14-15,18-23H2,1H3,(H,48,49)/t28-,30+,37-,39+/m0/s1. The topological polar surface area (TPSA) is 119 Å². The molecule has 0 spiro atoms. The highest BCUT2D eigenvalue weighted by Gasteiger charge is 2.56. The molecule has 12 heteroatoms. The Hall–Kier alpha value is -4.86. The van der Waals surface area contributed by atoms with Crippen molar-refractivity contribution in [2.24, 2.45) is 0 Å². The number of carbonyl (C=O) groups excluding carboxylic acids is 2. The average Bonchev–Trinajstić information content (AvgIpc) is 3.94. The number of amides is 2. The van der Waals surface area contributed by atoms with Gasteiger partial charge in [0, 0.05) is 25.6 Å². The first-order valence-corrected chi connectivity index (χ1v) is 17.1. The molecular weight excluding hydrogens is 663 g/mol. The number of carboxylic acid groups (broad SMARTS) is 1. The van der Waals surface area contributed by atoms with Crippen LogP contribution in [0.5, 0.6) is 5.75 Å². The lowest BCUT2D eigenvalue weighted by molar-refractivity contribution is -0.156. The maximum Gasteiger partial charge on any atom is 0.305 e. The largest absolute Gasteiger partial charge is 0.488 e. The molecule has 268 valence electrons. The number of carboxylic acids is 1. The summed E-state index contributed by atoms with van der Waals surface area (Å²) in [5.74, 6) is 0.00342. The zero-order valence-electron chi connectivity index (χ0n) is 28.2. The molecule has 3 aromatic rings. The van der Waals surface area contributed by atoms with Gasteiger partial charge in [-0.3, -0.25) is 19.7 Å². The lowest BCUT2D eigenvalue weighted by Crippen LogP contribution is -2.73. The molecule has 6 rings (SSSR count). The zero-order valence-corrected chi connectivity index (χ0v) is 28.2. The van der Waals surface area contributed by atoms with E-state index in [4.69, 9.17) is 4.74 Å². The second-order valence-electron chi connectivity index (χ2n) is 13.5. The molecule has 3 aliphatic rings. The molecule has 2 bridgehead atoms. The molecular formula is C39H40F3N3O6. The van der Waals surface area contributed by atoms with E-state index >= 15 is 0 Å². The Labute approximate surface area is 294 Å². The minimum Gasteiger partial charge on any atom is -0.488 e. The van der Waals surface area contributed by atoms with Crippen molar-refractivity contribution in [1.29, 1.82) is 0 Å². The molecule has 3 N–H and O–H groups in total. The summed E-state index contributed by atoms with van der Waals surface area (Å²) in [5, 5.41) is 23.3. The summed E-state index contributed by atoms with van der Waals surface area (Å²) in [6.07, 6.45) is 0.229. The monoisotopic (exact) mass is 703 g/mol. The zero-order chi connectivity index (χ0) is 36.3. The fourth-order valence-corrected chi connectivity index (χ4v) is 7.03. The Morgan fingerprint density at radius 3 is 2.47 bits per heavy atom. The van der Waals surface area contributed by atoms with Crippen molar-refractivity contribution in [3.8, 4) is 17.6 Å². The number of piperazine rings is 1. The Balaban J connectivity index is 1.28. The number of nitrogens with zero attached hydrogens (tertiary/aromatic N) is 2. The van der Waals surface area contributed by atoms with Crippen LogP contribution in [0.1, 0.15) is 60.8 Å². The van der Waals surface area contributed by atoms with E-state index < -0.39 is 71.6 Å². The normalized spacial score (nSPS) is 21.3. The third-order valence-electron chi connectivity index (χ3n) is 9.81. The number of aliphatic hydroxyl groups is 1. The van der Waals surface area contributed by atoms with Crippen molar-refractivity contribution in [2.75, 3.05) is 13.2 Å². The number of aliphatic carboxylic acids is 1. The molecule has 0 radical (unpaired) electrons. The van der Waals surface area contributed by atoms with E-state index in [0.29, 0.717) is 25.5 Å². The van der Waals surface area contributed by atoms with Crippen LogP contribution in [-0.2, 0) is 32.9 Å². The molecule has 0 unspecified atom stereocenters. The van der Waals surface area contributed by atoms with Crippen LogP contribution in [0.4, 0.5) is 13.2 Å². The smallest absolute Gasteiger partial charge is 0.305 e. The van der Waals surface area contributed by atoms with Gasteiger partial charge in [-0.25, -0.2) is 8.78 Å². The SMILES string of the molecule is Cc1ccccc1CN(C(=O)[C@@H]1N(C(=O)C[C@@H](O)CC(=O)O)C[C@@H]2C#CC[C@]1(c1ccc(CCCOc3c(F)ccc(F)c3F)cc1)N2)C1CC1. The second kappa shape index (κ2) is 15.2. The molecule has 51 heavy (non-hydrogen) atoms. The van der Waals surface area contributed by atoms with Crippen LogP contribution in [0.3, 0.4) is 0 Å². The van der Waals surface area contributed by atoms with Crippen molar-refractivity contribution in [3.05, 3.63) is 100 Å². The maximum atomic E-state index is 15.0. The summed E-state index contributed by atoms with van der Waals surface area (Å²) in [4.78, 5) is 43.5. The van der Waals surface area contributed by atoms with Crippen molar-refractivity contribution in [2.45, 2.75) is 88.2 Å². The number of aliphatic hydroxyl groups excluding tert-OH is 1. The number of hydrogen-bond donors (Lipinski definition) is 3. The first-order valence-electron chi connectivity index (χ1n) is 17.1. The molecule has 3 aromatic carbocycles. The van der Waals surface area contributed by atoms with Gasteiger partial charge in [0.15, 0.2) is 17.4 Å². The van der Waals surface area contributed by atoms with Gasteiger partial charge in [0.1, 0.15) is 6.04 Å². The molecule has 2 heterocycles. The number of carbonyl (C=O) groups is 3. The van der Waals surface area contributed by atoms with Gasteiger partial charge in [0.05, 0.1) is 37.1 Å². The molecule has 2 aliphatic heterocycles. The number of rotatable bonds is 14. The van der Waals surface area contributed by atoms with Crippen LogP contribution in [0.25, 0.3) is 0 Å². The van der Waals surface area contributed by atoms with Gasteiger partial charge in [-0.1, -0.05) is 60.4 Å². The van der Waals surface area contributed by atoms with E-state index in [1.54, 1.807) is 0 Å². The van der Waals surface area contributed by atoms with Crippen molar-refractivity contribution in [1.82, 2.24) is 15.1 Å². The van der Waals surface area contributed by atoms with Crippen LogP contribution >= 0.6 is 0 Å². The summed E-state index contributed by atoms with van der Waals surface area (Å²) in [6.45, 7) is 2.37. The molecule has 2 amide bonds. The van der Waals surface area contributed by atoms with Gasteiger partial charge >= 0.3 is 5.97 Å². The van der Waals surface area contributed by atoms with Gasteiger partial charge in [-0.05, 0) is 67.0 Å². The fourth-order valence-electron chi connectivity index (χ4n) is 7.03. The maximum absolute atomic E-state index is 15.0. The van der Waals surface area contributed by atoms with Crippen LogP contribution in [0, 0.1) is 36.2 Å². The Morgan fingerprint density at radius 1 is 1.04 bits per heavy atom. The first-order chi connectivity index (χ1) is 24.5. The highest BCUT2D eigenvalue weighted by atomic mass is 19.2. The lowest BCUT2D eigenvalue weighted by atomic mass is 9.73. The minimum atomic E-state index is -1.42. The molecule has 1 aliphatic carbocycles. The Kier molecular flexibility index (Phi) is 10.7. The van der Waals surface area contributed by atoms with Gasteiger partial charge in [0.2, 0.25) is 17.6 Å². The predicted molar refractivity (Wildman–Crippen MR) is 181 cm³/mol. The lowest BCUT2D eigenvalue weighted by Gasteiger charge is -2.53. The van der Waals surface area contributed by atoms with Gasteiger partial charge < -0.3 is 24.7 Å². The highest BCUT2D eigenvalue weighted by Crippen LogP contribution is 2.41. The number of halogens is 3. The Bertz CT molecular complexity index is 1860. The summed E-state index contributed by atoms with van der Waals surface area (Å²) >= 11 is 0. The number of hydrogen-bond acceptors (Lipinski definition) is 6. The molecule has 2 fully saturated rings. The van der Waals surface area contributed by atoms with Crippen LogP contribution in [0.2, 0.25) is 0 Å². The summed E-state index contributed by atoms with van der Waals surface area (Å²) in [5.41, 5.74) is 2.50. The van der Waals surface area contributed by atoms with Crippen molar-refractivity contribution >= 4 is 17.8 Å². The first kappa shape index (κ1) is 35.9. The minimum absolute atomic E-state index is 0.00460. The molecule has 1 saturated carbocycles. The van der Waals surface area contributed by atoms with Crippen LogP contribution in [-0.4, -0.2) is 75.2 Å². The molecule has 1 saturated heterocycles. The third-order valence-corrected chi connectivity index (χ3v) is 9.81. The number of fused-ring (bicyclic) bond motifs is 2. The quantitative estimate of drug-likeness (QED) is 0.128. The van der Waals surface area contributed by atoms with E-state index in [0.717, 1.165) is 41.2 Å². The van der Waals surface area contributed by atoms with Gasteiger partial charge in [-0.2, -0.15) is 4.39 Å². The van der Waals surface area contributed by atoms with Gasteiger partial charge in [-0.15, -0.1) is 0 Å². The van der Waals surface area contributed by atoms with E-state index in [2.05, 4.69) is 17.2 Å². The van der Waals surface area contributed by atoms with Gasteiger partial charge in [0.25, 0.3) is 0 Å². The average molecular weight is 704 g/mol. The molecule has 9 nitrogen and oxygen atoms in total. The van der Waals surface area contributed by atoms with E-state index in [-0.39, 0.29) is 31.5 Å². The van der Waals surface area contributed by atoms with E-state index in [1.165, 1.54) is 4.90 Å². The predicted octanol–water partition coefficient (Wildman–Crippen LogP) is 4.61. The number of benzene rings is 3. The number of aryl methyl sites for hydroxylation is 2. The molecule has 0 aromatic heterocycles. The summed E-state index contributed by atoms with van der Waals surface area (Å²) < 4.78 is 46.7. The van der Waals surface area contributed by atoms with E-state index in [1.807, 2.05) is 60.4 Å².